The average Bonchev–Trinajstić information content (AvgIpc) is 3.05. The van der Waals surface area contributed by atoms with Crippen molar-refractivity contribution in [3.05, 3.63) is 11.6 Å². The molecule has 3 heteroatoms. The minimum atomic E-state index is -0.651. The quantitative estimate of drug-likeness (QED) is 0.489. The molecule has 3 saturated carbocycles. The standard InChI is InChI=1S/C27H44O3/c1-17(6-5-7-18(2)25(29)30)22-10-11-23-21-9-8-19-16-20(28)12-14-26(19,3)24(21)13-15-27(22,23)4/h8,17-18,20-24,28H,5-7,9-16H2,1-4H3,(H,29,30)/t17-,18?,20+,21?,22?,23?,24?,26+,27-/m1/s1. The molecule has 0 spiro atoms. The summed E-state index contributed by atoms with van der Waals surface area (Å²) in [4.78, 5) is 11.1. The highest BCUT2D eigenvalue weighted by Gasteiger charge is 2.59. The van der Waals surface area contributed by atoms with Gasteiger partial charge in [-0.3, -0.25) is 4.79 Å². The number of carboxylic acids is 1. The van der Waals surface area contributed by atoms with Crippen LogP contribution in [0.1, 0.15) is 98.3 Å². The molecule has 0 heterocycles. The predicted molar refractivity (Wildman–Crippen MR) is 121 cm³/mol. The molecule has 3 fully saturated rings. The summed E-state index contributed by atoms with van der Waals surface area (Å²) in [6, 6.07) is 0. The Bertz CT molecular complexity index is 684. The summed E-state index contributed by atoms with van der Waals surface area (Å²) in [5, 5.41) is 19.4. The number of carbonyl (C=O) groups is 1. The summed E-state index contributed by atoms with van der Waals surface area (Å²) >= 11 is 0. The second-order valence-electron chi connectivity index (χ2n) is 12.0. The molecule has 30 heavy (non-hydrogen) atoms. The van der Waals surface area contributed by atoms with Gasteiger partial charge in [-0.2, -0.15) is 0 Å². The van der Waals surface area contributed by atoms with Crippen LogP contribution in [0.5, 0.6) is 0 Å². The Balaban J connectivity index is 1.44. The molecule has 0 aromatic heterocycles. The molecule has 3 nitrogen and oxygen atoms in total. The van der Waals surface area contributed by atoms with Crippen molar-refractivity contribution in [3.63, 3.8) is 0 Å². The minimum absolute atomic E-state index is 0.115. The first-order chi connectivity index (χ1) is 14.2. The molecule has 5 unspecified atom stereocenters. The van der Waals surface area contributed by atoms with E-state index in [9.17, 15) is 9.90 Å². The molecular weight excluding hydrogens is 372 g/mol. The highest BCUT2D eigenvalue weighted by atomic mass is 16.4. The van der Waals surface area contributed by atoms with Crippen LogP contribution in [-0.2, 0) is 4.79 Å². The Morgan fingerprint density at radius 1 is 1.10 bits per heavy atom. The number of allylic oxidation sites excluding steroid dienone is 1. The summed E-state index contributed by atoms with van der Waals surface area (Å²) in [7, 11) is 0. The van der Waals surface area contributed by atoms with Gasteiger partial charge in [0.05, 0.1) is 12.0 Å². The van der Waals surface area contributed by atoms with E-state index in [1.165, 1.54) is 44.9 Å². The van der Waals surface area contributed by atoms with E-state index in [2.05, 4.69) is 26.8 Å². The maximum absolute atomic E-state index is 11.1. The Morgan fingerprint density at radius 2 is 1.87 bits per heavy atom. The number of rotatable bonds is 6. The molecule has 0 amide bonds. The number of hydrogen-bond donors (Lipinski definition) is 2. The van der Waals surface area contributed by atoms with E-state index in [1.54, 1.807) is 5.57 Å². The molecule has 0 aromatic rings. The van der Waals surface area contributed by atoms with E-state index in [4.69, 9.17) is 5.11 Å². The third-order valence-corrected chi connectivity index (χ3v) is 10.6. The number of aliphatic carboxylic acids is 1. The number of aliphatic hydroxyl groups excluding tert-OH is 1. The van der Waals surface area contributed by atoms with Gasteiger partial charge in [0.25, 0.3) is 0 Å². The van der Waals surface area contributed by atoms with E-state index < -0.39 is 5.97 Å². The normalized spacial score (nSPS) is 45.0. The van der Waals surface area contributed by atoms with Crippen LogP contribution in [-0.4, -0.2) is 22.3 Å². The van der Waals surface area contributed by atoms with Crippen molar-refractivity contribution < 1.29 is 15.0 Å². The highest BCUT2D eigenvalue weighted by molar-refractivity contribution is 5.69. The zero-order valence-corrected chi connectivity index (χ0v) is 19.7. The van der Waals surface area contributed by atoms with Crippen molar-refractivity contribution in [2.45, 2.75) is 104 Å². The van der Waals surface area contributed by atoms with E-state index in [-0.39, 0.29) is 12.0 Å². The molecule has 2 N–H and O–H groups in total. The van der Waals surface area contributed by atoms with E-state index >= 15 is 0 Å². The minimum Gasteiger partial charge on any atom is -0.481 e. The van der Waals surface area contributed by atoms with Gasteiger partial charge < -0.3 is 10.2 Å². The first-order valence-corrected chi connectivity index (χ1v) is 12.8. The van der Waals surface area contributed by atoms with Crippen molar-refractivity contribution in [2.75, 3.05) is 0 Å². The van der Waals surface area contributed by atoms with Crippen LogP contribution < -0.4 is 0 Å². The lowest BCUT2D eigenvalue weighted by Crippen LogP contribution is -2.50. The van der Waals surface area contributed by atoms with Crippen LogP contribution in [0.3, 0.4) is 0 Å². The zero-order valence-electron chi connectivity index (χ0n) is 19.7. The monoisotopic (exact) mass is 416 g/mol. The van der Waals surface area contributed by atoms with E-state index in [0.29, 0.717) is 16.7 Å². The van der Waals surface area contributed by atoms with E-state index in [0.717, 1.165) is 49.4 Å². The van der Waals surface area contributed by atoms with Crippen LogP contribution in [0.15, 0.2) is 11.6 Å². The largest absolute Gasteiger partial charge is 0.481 e. The molecule has 0 bridgehead atoms. The lowest BCUT2D eigenvalue weighted by molar-refractivity contribution is -0.141. The van der Waals surface area contributed by atoms with Crippen molar-refractivity contribution in [1.82, 2.24) is 0 Å². The Kier molecular flexibility index (Phi) is 6.16. The van der Waals surface area contributed by atoms with Crippen LogP contribution in [0.4, 0.5) is 0 Å². The molecule has 4 aliphatic carbocycles. The first-order valence-electron chi connectivity index (χ1n) is 12.8. The number of aliphatic hydroxyl groups is 1. The van der Waals surface area contributed by atoms with E-state index in [1.807, 2.05) is 6.92 Å². The van der Waals surface area contributed by atoms with Crippen molar-refractivity contribution >= 4 is 5.97 Å². The zero-order chi connectivity index (χ0) is 21.7. The first kappa shape index (κ1) is 22.4. The van der Waals surface area contributed by atoms with Crippen molar-refractivity contribution in [3.8, 4) is 0 Å². The van der Waals surface area contributed by atoms with Gasteiger partial charge in [-0.25, -0.2) is 0 Å². The van der Waals surface area contributed by atoms with Gasteiger partial charge >= 0.3 is 5.97 Å². The topological polar surface area (TPSA) is 57.5 Å². The number of hydrogen-bond acceptors (Lipinski definition) is 2. The summed E-state index contributed by atoms with van der Waals surface area (Å²) in [6.07, 6.45) is 15.2. The van der Waals surface area contributed by atoms with Crippen LogP contribution in [0.2, 0.25) is 0 Å². The second kappa shape index (κ2) is 8.26. The molecule has 0 aliphatic heterocycles. The average molecular weight is 417 g/mol. The van der Waals surface area contributed by atoms with Gasteiger partial charge in [0, 0.05) is 0 Å². The molecule has 4 aliphatic rings. The fraction of sp³-hybridized carbons (Fsp3) is 0.889. The Morgan fingerprint density at radius 3 is 2.60 bits per heavy atom. The highest BCUT2D eigenvalue weighted by Crippen LogP contribution is 2.67. The van der Waals surface area contributed by atoms with Crippen molar-refractivity contribution in [1.29, 1.82) is 0 Å². The van der Waals surface area contributed by atoms with Gasteiger partial charge in [-0.1, -0.05) is 52.2 Å². The second-order valence-corrected chi connectivity index (χ2v) is 12.0. The third-order valence-electron chi connectivity index (χ3n) is 10.6. The lowest BCUT2D eigenvalue weighted by atomic mass is 9.47. The lowest BCUT2D eigenvalue weighted by Gasteiger charge is -2.58. The van der Waals surface area contributed by atoms with Crippen LogP contribution in [0.25, 0.3) is 0 Å². The maximum atomic E-state index is 11.1. The molecule has 0 aromatic carbocycles. The van der Waals surface area contributed by atoms with Crippen LogP contribution in [0, 0.1) is 46.3 Å². The van der Waals surface area contributed by atoms with Gasteiger partial charge in [-0.15, -0.1) is 0 Å². The summed E-state index contributed by atoms with van der Waals surface area (Å²) < 4.78 is 0. The van der Waals surface area contributed by atoms with Crippen molar-refractivity contribution in [2.24, 2.45) is 46.3 Å². The molecule has 0 saturated heterocycles. The van der Waals surface area contributed by atoms with Gasteiger partial charge in [0.1, 0.15) is 0 Å². The third kappa shape index (κ3) is 3.67. The number of fused-ring (bicyclic) bond motifs is 5. The predicted octanol–water partition coefficient (Wildman–Crippen LogP) is 6.45. The smallest absolute Gasteiger partial charge is 0.306 e. The van der Waals surface area contributed by atoms with Gasteiger partial charge in [-0.05, 0) is 98.2 Å². The van der Waals surface area contributed by atoms with Gasteiger partial charge in [0.2, 0.25) is 0 Å². The Labute approximate surface area is 183 Å². The fourth-order valence-corrected chi connectivity index (χ4v) is 8.69. The Hall–Kier alpha value is -0.830. The summed E-state index contributed by atoms with van der Waals surface area (Å²) in [5.74, 6) is 3.14. The maximum Gasteiger partial charge on any atom is 0.306 e. The molecule has 9 atom stereocenters. The molecule has 0 radical (unpaired) electrons. The number of carboxylic acid groups (broad SMARTS) is 1. The molecule has 170 valence electrons. The molecule has 4 rings (SSSR count). The fourth-order valence-electron chi connectivity index (χ4n) is 8.69. The summed E-state index contributed by atoms with van der Waals surface area (Å²) in [6.45, 7) is 9.41. The van der Waals surface area contributed by atoms with Crippen LogP contribution >= 0.6 is 0 Å². The van der Waals surface area contributed by atoms with Gasteiger partial charge in [0.15, 0.2) is 0 Å². The SMILES string of the molecule is CC(CCC[C@@H](C)C1CCC2C3CC=C4C[C@@H](O)CC[C@]4(C)C3CC[C@@]21C)C(=O)O. The summed E-state index contributed by atoms with van der Waals surface area (Å²) in [5.41, 5.74) is 2.37. The molecular formula is C27H44O3.